The summed E-state index contributed by atoms with van der Waals surface area (Å²) < 4.78 is 53.7. The highest BCUT2D eigenvalue weighted by atomic mass is 19.4. The molecule has 1 amide bonds. The smallest absolute Gasteiger partial charge is 0.350 e. The van der Waals surface area contributed by atoms with E-state index in [0.29, 0.717) is 32.7 Å². The molecule has 3 aliphatic rings. The predicted octanol–water partition coefficient (Wildman–Crippen LogP) is 3.05. The number of benzene rings is 1. The molecule has 0 aliphatic carbocycles. The fourth-order valence-corrected chi connectivity index (χ4v) is 4.76. The molecule has 5 nitrogen and oxygen atoms in total. The van der Waals surface area contributed by atoms with Crippen LogP contribution in [0.5, 0.6) is 0 Å². The summed E-state index contributed by atoms with van der Waals surface area (Å²) in [6.45, 7) is 2.00. The Labute approximate surface area is 168 Å². The van der Waals surface area contributed by atoms with Crippen LogP contribution in [-0.2, 0) is 20.8 Å². The minimum atomic E-state index is -4.58. The summed E-state index contributed by atoms with van der Waals surface area (Å²) in [5, 5.41) is 0. The first-order valence-corrected chi connectivity index (χ1v) is 10.2. The van der Waals surface area contributed by atoms with Gasteiger partial charge in [0.1, 0.15) is 0 Å². The van der Waals surface area contributed by atoms with Crippen molar-refractivity contribution < 1.29 is 27.4 Å². The van der Waals surface area contributed by atoms with Crippen molar-refractivity contribution in [3.05, 3.63) is 35.9 Å². The lowest BCUT2D eigenvalue weighted by Gasteiger charge is -2.40. The molecular weight excluding hydrogens is 385 g/mol. The van der Waals surface area contributed by atoms with Crippen molar-refractivity contribution in [2.24, 2.45) is 11.3 Å². The zero-order valence-corrected chi connectivity index (χ0v) is 16.4. The minimum Gasteiger partial charge on any atom is -0.350 e. The van der Waals surface area contributed by atoms with Gasteiger partial charge in [-0.1, -0.05) is 30.3 Å². The van der Waals surface area contributed by atoms with Crippen molar-refractivity contribution in [1.29, 1.82) is 0 Å². The first-order valence-electron chi connectivity index (χ1n) is 10.2. The quantitative estimate of drug-likeness (QED) is 0.763. The number of likely N-dealkylation sites (tertiary alicyclic amines) is 2. The van der Waals surface area contributed by atoms with Crippen LogP contribution < -0.4 is 0 Å². The molecule has 3 heterocycles. The van der Waals surface area contributed by atoms with Crippen LogP contribution in [0.3, 0.4) is 0 Å². The third-order valence-electron chi connectivity index (χ3n) is 6.33. The van der Waals surface area contributed by atoms with Crippen LogP contribution in [0, 0.1) is 11.3 Å². The van der Waals surface area contributed by atoms with Gasteiger partial charge in [-0.2, -0.15) is 13.2 Å². The van der Waals surface area contributed by atoms with Gasteiger partial charge in [0.15, 0.2) is 11.7 Å². The lowest BCUT2D eigenvalue weighted by molar-refractivity contribution is -0.225. The van der Waals surface area contributed by atoms with Gasteiger partial charge in [0, 0.05) is 32.1 Å². The molecule has 1 aromatic rings. The SMILES string of the molecule is O=C(N1CCCC(C2OCCO2)C1)C1(C(F)(F)F)CCN(Cc2ccccc2)C1. The third kappa shape index (κ3) is 4.15. The van der Waals surface area contributed by atoms with Crippen molar-refractivity contribution in [1.82, 2.24) is 9.80 Å². The summed E-state index contributed by atoms with van der Waals surface area (Å²) in [6.07, 6.45) is -3.72. The van der Waals surface area contributed by atoms with Gasteiger partial charge in [0.2, 0.25) is 5.91 Å². The zero-order chi connectivity index (χ0) is 20.5. The second kappa shape index (κ2) is 8.24. The molecule has 0 radical (unpaired) electrons. The van der Waals surface area contributed by atoms with Crippen molar-refractivity contribution in [2.75, 3.05) is 39.4 Å². The van der Waals surface area contributed by atoms with E-state index in [9.17, 15) is 18.0 Å². The minimum absolute atomic E-state index is 0.0673. The molecule has 3 fully saturated rings. The lowest BCUT2D eigenvalue weighted by Crippen LogP contribution is -2.56. The Kier molecular flexibility index (Phi) is 5.86. The van der Waals surface area contributed by atoms with E-state index in [1.165, 1.54) is 4.90 Å². The average molecular weight is 412 g/mol. The van der Waals surface area contributed by atoms with Crippen LogP contribution >= 0.6 is 0 Å². The second-order valence-corrected chi connectivity index (χ2v) is 8.29. The Morgan fingerprint density at radius 3 is 2.55 bits per heavy atom. The average Bonchev–Trinajstić information content (AvgIpc) is 3.39. The summed E-state index contributed by atoms with van der Waals surface area (Å²) in [5.74, 6) is -0.856. The number of nitrogens with zero attached hydrogens (tertiary/aromatic N) is 2. The fraction of sp³-hybridized carbons (Fsp3) is 0.667. The number of hydrogen-bond donors (Lipinski definition) is 0. The highest BCUT2D eigenvalue weighted by Crippen LogP contribution is 2.47. The van der Waals surface area contributed by atoms with E-state index in [1.807, 2.05) is 30.3 Å². The second-order valence-electron chi connectivity index (χ2n) is 8.29. The number of piperidine rings is 1. The van der Waals surface area contributed by atoms with Gasteiger partial charge in [0.25, 0.3) is 0 Å². The van der Waals surface area contributed by atoms with Crippen LogP contribution in [0.25, 0.3) is 0 Å². The van der Waals surface area contributed by atoms with Crippen LogP contribution in [0.15, 0.2) is 30.3 Å². The third-order valence-corrected chi connectivity index (χ3v) is 6.33. The molecule has 4 rings (SSSR count). The maximum atomic E-state index is 14.2. The molecule has 2 unspecified atom stereocenters. The first-order chi connectivity index (χ1) is 13.9. The summed E-state index contributed by atoms with van der Waals surface area (Å²) in [4.78, 5) is 16.4. The standard InChI is InChI=1S/C21H27F3N2O3/c22-21(23,24)20(8-10-25(15-20)13-16-5-2-1-3-6-16)19(27)26-9-4-7-17(14-26)18-28-11-12-29-18/h1-3,5-6,17-18H,4,7-15H2. The molecule has 3 aliphatic heterocycles. The number of carbonyl (C=O) groups excluding carboxylic acids is 1. The van der Waals surface area contributed by atoms with E-state index >= 15 is 0 Å². The van der Waals surface area contributed by atoms with E-state index in [1.54, 1.807) is 4.90 Å². The molecule has 1 aromatic carbocycles. The number of ether oxygens (including phenoxy) is 2. The van der Waals surface area contributed by atoms with E-state index in [0.717, 1.165) is 12.0 Å². The highest BCUT2D eigenvalue weighted by molar-refractivity contribution is 5.84. The van der Waals surface area contributed by atoms with E-state index in [2.05, 4.69) is 0 Å². The van der Waals surface area contributed by atoms with Crippen LogP contribution in [0.4, 0.5) is 13.2 Å². The van der Waals surface area contributed by atoms with Crippen molar-refractivity contribution in [2.45, 2.75) is 38.3 Å². The molecular formula is C21H27F3N2O3. The number of carbonyl (C=O) groups is 1. The molecule has 0 N–H and O–H groups in total. The predicted molar refractivity (Wildman–Crippen MR) is 99.8 cm³/mol. The largest absolute Gasteiger partial charge is 0.404 e. The van der Waals surface area contributed by atoms with Crippen molar-refractivity contribution >= 4 is 5.91 Å². The Morgan fingerprint density at radius 2 is 1.86 bits per heavy atom. The summed E-state index contributed by atoms with van der Waals surface area (Å²) >= 11 is 0. The van der Waals surface area contributed by atoms with Gasteiger partial charge in [0.05, 0.1) is 13.2 Å². The summed E-state index contributed by atoms with van der Waals surface area (Å²) in [6, 6.07) is 9.41. The van der Waals surface area contributed by atoms with Crippen LogP contribution in [-0.4, -0.2) is 67.6 Å². The van der Waals surface area contributed by atoms with Gasteiger partial charge in [-0.15, -0.1) is 0 Å². The molecule has 29 heavy (non-hydrogen) atoms. The Hall–Kier alpha value is -1.64. The molecule has 0 bridgehead atoms. The number of halogens is 3. The number of alkyl halides is 3. The Balaban J connectivity index is 1.48. The normalized spacial score (nSPS) is 29.5. The van der Waals surface area contributed by atoms with Gasteiger partial charge in [-0.25, -0.2) is 0 Å². The van der Waals surface area contributed by atoms with Gasteiger partial charge < -0.3 is 14.4 Å². The van der Waals surface area contributed by atoms with Gasteiger partial charge >= 0.3 is 6.18 Å². The maximum absolute atomic E-state index is 14.2. The molecule has 0 aromatic heterocycles. The van der Waals surface area contributed by atoms with Gasteiger partial charge in [-0.3, -0.25) is 9.69 Å². The fourth-order valence-electron chi connectivity index (χ4n) is 4.76. The summed E-state index contributed by atoms with van der Waals surface area (Å²) in [7, 11) is 0. The highest BCUT2D eigenvalue weighted by Gasteiger charge is 2.64. The topological polar surface area (TPSA) is 42.0 Å². The van der Waals surface area contributed by atoms with Crippen LogP contribution in [0.2, 0.25) is 0 Å². The lowest BCUT2D eigenvalue weighted by atomic mass is 9.83. The van der Waals surface area contributed by atoms with Crippen LogP contribution in [0.1, 0.15) is 24.8 Å². The zero-order valence-electron chi connectivity index (χ0n) is 16.4. The number of rotatable bonds is 4. The van der Waals surface area contributed by atoms with E-state index < -0.39 is 23.8 Å². The van der Waals surface area contributed by atoms with Gasteiger partial charge in [-0.05, 0) is 31.4 Å². The summed E-state index contributed by atoms with van der Waals surface area (Å²) in [5.41, 5.74) is -1.38. The molecule has 160 valence electrons. The molecule has 2 atom stereocenters. The monoisotopic (exact) mass is 412 g/mol. The number of amides is 1. The van der Waals surface area contributed by atoms with E-state index in [4.69, 9.17) is 9.47 Å². The van der Waals surface area contributed by atoms with Crippen molar-refractivity contribution in [3.63, 3.8) is 0 Å². The Bertz CT molecular complexity index is 709. The Morgan fingerprint density at radius 1 is 1.14 bits per heavy atom. The van der Waals surface area contributed by atoms with E-state index in [-0.39, 0.29) is 32.0 Å². The maximum Gasteiger partial charge on any atom is 0.404 e. The first kappa shape index (κ1) is 20.6. The molecule has 3 saturated heterocycles. The molecule has 0 spiro atoms. The molecule has 0 saturated carbocycles. The number of hydrogen-bond acceptors (Lipinski definition) is 4. The van der Waals surface area contributed by atoms with Crippen molar-refractivity contribution in [3.8, 4) is 0 Å². The molecule has 8 heteroatoms.